The van der Waals surface area contributed by atoms with Gasteiger partial charge in [-0.05, 0) is 26.0 Å². The zero-order valence-corrected chi connectivity index (χ0v) is 11.9. The molecule has 0 atom stereocenters. The number of unbranched alkanes of at least 4 members (excludes halogenated alkanes) is 4. The van der Waals surface area contributed by atoms with Gasteiger partial charge in [0.15, 0.2) is 0 Å². The van der Waals surface area contributed by atoms with E-state index in [0.717, 1.165) is 25.4 Å². The summed E-state index contributed by atoms with van der Waals surface area (Å²) in [7, 11) is 0. The lowest BCUT2D eigenvalue weighted by Crippen LogP contribution is -2.15. The van der Waals surface area contributed by atoms with E-state index < -0.39 is 0 Å². The van der Waals surface area contributed by atoms with Crippen LogP contribution in [0, 0.1) is 0 Å². The number of rotatable bonds is 10. The van der Waals surface area contributed by atoms with E-state index in [-0.39, 0.29) is 0 Å². The molecular formula is C16H27NO. The van der Waals surface area contributed by atoms with Gasteiger partial charge in [0.05, 0.1) is 6.61 Å². The van der Waals surface area contributed by atoms with Gasteiger partial charge < -0.3 is 10.1 Å². The van der Waals surface area contributed by atoms with Crippen molar-refractivity contribution in [2.45, 2.75) is 52.5 Å². The van der Waals surface area contributed by atoms with Crippen LogP contribution >= 0.6 is 0 Å². The van der Waals surface area contributed by atoms with Crippen molar-refractivity contribution in [3.05, 3.63) is 29.8 Å². The lowest BCUT2D eigenvalue weighted by atomic mass is 10.1. The molecule has 1 aromatic carbocycles. The first kappa shape index (κ1) is 15.0. The molecule has 1 N–H and O–H groups in total. The van der Waals surface area contributed by atoms with E-state index in [1.54, 1.807) is 0 Å². The van der Waals surface area contributed by atoms with Crippen LogP contribution in [0.25, 0.3) is 0 Å². The highest BCUT2D eigenvalue weighted by molar-refractivity contribution is 5.33. The van der Waals surface area contributed by atoms with E-state index in [1.165, 1.54) is 37.7 Å². The minimum atomic E-state index is 0.730. The monoisotopic (exact) mass is 249 g/mol. The number of benzene rings is 1. The van der Waals surface area contributed by atoms with Crippen LogP contribution in [0.1, 0.15) is 51.5 Å². The summed E-state index contributed by atoms with van der Waals surface area (Å²) in [6.45, 7) is 7.02. The second-order valence-electron chi connectivity index (χ2n) is 4.63. The molecule has 0 bridgehead atoms. The van der Waals surface area contributed by atoms with E-state index >= 15 is 0 Å². The van der Waals surface area contributed by atoms with E-state index in [2.05, 4.69) is 24.4 Å². The molecule has 2 heteroatoms. The van der Waals surface area contributed by atoms with Crippen LogP contribution in [-0.4, -0.2) is 13.2 Å². The van der Waals surface area contributed by atoms with Gasteiger partial charge in [-0.25, -0.2) is 0 Å². The third-order valence-electron chi connectivity index (χ3n) is 3.05. The van der Waals surface area contributed by atoms with Crippen molar-refractivity contribution in [2.75, 3.05) is 13.2 Å². The van der Waals surface area contributed by atoms with Gasteiger partial charge >= 0.3 is 0 Å². The lowest BCUT2D eigenvalue weighted by Gasteiger charge is -2.10. The van der Waals surface area contributed by atoms with Crippen molar-refractivity contribution >= 4 is 0 Å². The SMILES string of the molecule is CCCCCCCNCc1ccccc1OCC. The van der Waals surface area contributed by atoms with Crippen LogP contribution in [0.2, 0.25) is 0 Å². The van der Waals surface area contributed by atoms with Crippen LogP contribution in [0.3, 0.4) is 0 Å². The largest absolute Gasteiger partial charge is 0.494 e. The fraction of sp³-hybridized carbons (Fsp3) is 0.625. The normalized spacial score (nSPS) is 10.6. The van der Waals surface area contributed by atoms with E-state index in [9.17, 15) is 0 Å². The van der Waals surface area contributed by atoms with Crippen LogP contribution in [0.4, 0.5) is 0 Å². The third-order valence-corrected chi connectivity index (χ3v) is 3.05. The highest BCUT2D eigenvalue weighted by Crippen LogP contribution is 2.17. The molecule has 0 fully saturated rings. The fourth-order valence-electron chi connectivity index (χ4n) is 2.02. The first-order valence-electron chi connectivity index (χ1n) is 7.30. The lowest BCUT2D eigenvalue weighted by molar-refractivity contribution is 0.335. The Hall–Kier alpha value is -1.02. The molecule has 102 valence electrons. The molecule has 0 aliphatic rings. The van der Waals surface area contributed by atoms with Gasteiger partial charge in [0.25, 0.3) is 0 Å². The maximum atomic E-state index is 5.61. The molecule has 0 amide bonds. The number of nitrogens with one attached hydrogen (secondary N) is 1. The summed E-state index contributed by atoms with van der Waals surface area (Å²) >= 11 is 0. The summed E-state index contributed by atoms with van der Waals surface area (Å²) < 4.78 is 5.61. The van der Waals surface area contributed by atoms with Gasteiger partial charge in [0.1, 0.15) is 5.75 Å². The average Bonchev–Trinajstić information content (AvgIpc) is 2.40. The maximum Gasteiger partial charge on any atom is 0.123 e. The highest BCUT2D eigenvalue weighted by Gasteiger charge is 2.01. The van der Waals surface area contributed by atoms with Crippen LogP contribution < -0.4 is 10.1 Å². The molecule has 2 nitrogen and oxygen atoms in total. The Kier molecular flexibility index (Phi) is 8.32. The molecular weight excluding hydrogens is 222 g/mol. The molecule has 0 saturated carbocycles. The molecule has 0 saturated heterocycles. The maximum absolute atomic E-state index is 5.61. The van der Waals surface area contributed by atoms with Gasteiger partial charge in [-0.3, -0.25) is 0 Å². The summed E-state index contributed by atoms with van der Waals surface area (Å²) in [6.07, 6.45) is 6.67. The van der Waals surface area contributed by atoms with E-state index in [0.29, 0.717) is 0 Å². The standard InChI is InChI=1S/C16H27NO/c1-3-5-6-7-10-13-17-14-15-11-8-9-12-16(15)18-4-2/h8-9,11-12,17H,3-7,10,13-14H2,1-2H3. The molecule has 0 aliphatic carbocycles. The van der Waals surface area contributed by atoms with Crippen molar-refractivity contribution < 1.29 is 4.74 Å². The van der Waals surface area contributed by atoms with Crippen LogP contribution in [-0.2, 0) is 6.54 Å². The van der Waals surface area contributed by atoms with Crippen LogP contribution in [0.15, 0.2) is 24.3 Å². The first-order chi connectivity index (χ1) is 8.88. The van der Waals surface area contributed by atoms with Crippen molar-refractivity contribution in [1.29, 1.82) is 0 Å². The predicted molar refractivity (Wildman–Crippen MR) is 78.1 cm³/mol. The van der Waals surface area contributed by atoms with Crippen molar-refractivity contribution in [2.24, 2.45) is 0 Å². The topological polar surface area (TPSA) is 21.3 Å². The van der Waals surface area contributed by atoms with Crippen LogP contribution in [0.5, 0.6) is 5.75 Å². The second kappa shape index (κ2) is 9.95. The van der Waals surface area contributed by atoms with Gasteiger partial charge in [0.2, 0.25) is 0 Å². The molecule has 1 rings (SSSR count). The van der Waals surface area contributed by atoms with Gasteiger partial charge in [0, 0.05) is 12.1 Å². The zero-order chi connectivity index (χ0) is 13.1. The summed E-state index contributed by atoms with van der Waals surface area (Å²) in [5.41, 5.74) is 1.26. The number of ether oxygens (including phenoxy) is 1. The summed E-state index contributed by atoms with van der Waals surface area (Å²) in [6, 6.07) is 8.27. The molecule has 0 heterocycles. The Morgan fingerprint density at radius 2 is 1.78 bits per heavy atom. The third kappa shape index (κ3) is 6.06. The Balaban J connectivity index is 2.18. The van der Waals surface area contributed by atoms with Crippen molar-refractivity contribution in [3.63, 3.8) is 0 Å². The Morgan fingerprint density at radius 3 is 2.56 bits per heavy atom. The molecule has 0 unspecified atom stereocenters. The van der Waals surface area contributed by atoms with Crippen molar-refractivity contribution in [1.82, 2.24) is 5.32 Å². The zero-order valence-electron chi connectivity index (χ0n) is 11.9. The molecule has 18 heavy (non-hydrogen) atoms. The quantitative estimate of drug-likeness (QED) is 0.629. The minimum absolute atomic E-state index is 0.730. The number of hydrogen-bond donors (Lipinski definition) is 1. The van der Waals surface area contributed by atoms with Gasteiger partial charge in [-0.1, -0.05) is 50.8 Å². The minimum Gasteiger partial charge on any atom is -0.494 e. The number of hydrogen-bond acceptors (Lipinski definition) is 2. The molecule has 1 aromatic rings. The van der Waals surface area contributed by atoms with Gasteiger partial charge in [-0.15, -0.1) is 0 Å². The average molecular weight is 249 g/mol. The summed E-state index contributed by atoms with van der Waals surface area (Å²) in [5, 5.41) is 3.50. The molecule has 0 spiro atoms. The summed E-state index contributed by atoms with van der Waals surface area (Å²) in [4.78, 5) is 0. The molecule has 0 aromatic heterocycles. The summed E-state index contributed by atoms with van der Waals surface area (Å²) in [5.74, 6) is 1.01. The molecule has 0 aliphatic heterocycles. The Morgan fingerprint density at radius 1 is 1.00 bits per heavy atom. The Labute approximate surface area is 112 Å². The number of para-hydroxylation sites is 1. The first-order valence-corrected chi connectivity index (χ1v) is 7.30. The molecule has 0 radical (unpaired) electrons. The second-order valence-corrected chi connectivity index (χ2v) is 4.63. The van der Waals surface area contributed by atoms with E-state index in [4.69, 9.17) is 4.74 Å². The highest BCUT2D eigenvalue weighted by atomic mass is 16.5. The van der Waals surface area contributed by atoms with E-state index in [1.807, 2.05) is 19.1 Å². The predicted octanol–water partition coefficient (Wildman–Crippen LogP) is 4.15. The Bertz CT molecular complexity index is 312. The smallest absolute Gasteiger partial charge is 0.123 e. The van der Waals surface area contributed by atoms with Crippen molar-refractivity contribution in [3.8, 4) is 5.75 Å². The van der Waals surface area contributed by atoms with Gasteiger partial charge in [-0.2, -0.15) is 0 Å². The fourth-order valence-corrected chi connectivity index (χ4v) is 2.02.